The Labute approximate surface area is 130 Å². The fraction of sp³-hybridized carbons (Fsp3) is 0.133. The van der Waals surface area contributed by atoms with Gasteiger partial charge in [0.2, 0.25) is 11.8 Å². The number of hydrogen-bond donors (Lipinski definition) is 1. The number of nitrogens with two attached hydrogens (primary N) is 1. The van der Waals surface area contributed by atoms with E-state index in [1.165, 1.54) is 12.1 Å². The Kier molecular flexibility index (Phi) is 3.77. The topological polar surface area (TPSA) is 73.9 Å². The van der Waals surface area contributed by atoms with Gasteiger partial charge in [-0.05, 0) is 37.3 Å². The monoisotopic (exact) mass is 318 g/mol. The molecule has 7 heteroatoms. The maximum absolute atomic E-state index is 13.3. The van der Waals surface area contributed by atoms with Crippen LogP contribution in [-0.4, -0.2) is 21.6 Å². The minimum absolute atomic E-state index is 0.0398. The van der Waals surface area contributed by atoms with Gasteiger partial charge in [0.15, 0.2) is 5.52 Å². The van der Waals surface area contributed by atoms with Gasteiger partial charge in [0.1, 0.15) is 5.82 Å². The summed E-state index contributed by atoms with van der Waals surface area (Å²) in [6.45, 7) is 2.27. The van der Waals surface area contributed by atoms with Crippen LogP contribution in [0, 0.1) is 5.82 Å². The van der Waals surface area contributed by atoms with Crippen LogP contribution in [0.25, 0.3) is 22.3 Å². The summed E-state index contributed by atoms with van der Waals surface area (Å²) in [6.07, 6.45) is 0. The third-order valence-corrected chi connectivity index (χ3v) is 3.31. The van der Waals surface area contributed by atoms with E-state index in [2.05, 4.69) is 15.0 Å². The first kappa shape index (κ1) is 14.5. The number of rotatable bonds is 3. The van der Waals surface area contributed by atoms with Crippen LogP contribution in [0.5, 0.6) is 5.88 Å². The van der Waals surface area contributed by atoms with Crippen molar-refractivity contribution in [3.05, 3.63) is 41.2 Å². The normalized spacial score (nSPS) is 10.9. The Hall–Kier alpha value is -2.47. The summed E-state index contributed by atoms with van der Waals surface area (Å²) < 4.78 is 18.7. The van der Waals surface area contributed by atoms with Crippen molar-refractivity contribution in [3.8, 4) is 17.1 Å². The van der Waals surface area contributed by atoms with Crippen LogP contribution in [0.15, 0.2) is 30.3 Å². The molecule has 112 valence electrons. The lowest BCUT2D eigenvalue weighted by molar-refractivity contribution is 0.330. The predicted molar refractivity (Wildman–Crippen MR) is 83.3 cm³/mol. The highest BCUT2D eigenvalue weighted by atomic mass is 35.5. The fourth-order valence-electron chi connectivity index (χ4n) is 2.06. The summed E-state index contributed by atoms with van der Waals surface area (Å²) in [7, 11) is 0. The number of halogens is 2. The molecule has 3 rings (SSSR count). The molecule has 2 aromatic heterocycles. The number of pyridine rings is 1. The Morgan fingerprint density at radius 1 is 1.18 bits per heavy atom. The first-order chi connectivity index (χ1) is 10.6. The molecule has 0 aliphatic heterocycles. The number of anilines is 1. The second-order valence-corrected chi connectivity index (χ2v) is 4.92. The second-order valence-electron chi connectivity index (χ2n) is 4.51. The van der Waals surface area contributed by atoms with Crippen molar-refractivity contribution in [1.29, 1.82) is 0 Å². The van der Waals surface area contributed by atoms with Crippen molar-refractivity contribution in [1.82, 2.24) is 15.0 Å². The van der Waals surface area contributed by atoms with Crippen molar-refractivity contribution in [2.75, 3.05) is 12.3 Å². The number of benzene rings is 1. The Morgan fingerprint density at radius 2 is 2.00 bits per heavy atom. The molecule has 5 nitrogen and oxygen atoms in total. The van der Waals surface area contributed by atoms with Crippen molar-refractivity contribution < 1.29 is 9.13 Å². The van der Waals surface area contributed by atoms with E-state index in [9.17, 15) is 4.39 Å². The average molecular weight is 319 g/mol. The zero-order valence-corrected chi connectivity index (χ0v) is 12.4. The zero-order valence-electron chi connectivity index (χ0n) is 11.7. The SMILES string of the molecule is CCOc1nc(N)nc2ccc(-c3ccc(F)c(Cl)c3)nc12. The second kappa shape index (κ2) is 5.73. The molecule has 22 heavy (non-hydrogen) atoms. The van der Waals surface area contributed by atoms with Crippen LogP contribution in [-0.2, 0) is 0 Å². The van der Waals surface area contributed by atoms with Gasteiger partial charge in [0.05, 0.1) is 22.8 Å². The molecular formula is C15H12ClFN4O. The van der Waals surface area contributed by atoms with Gasteiger partial charge in [-0.2, -0.15) is 4.98 Å². The molecule has 2 heterocycles. The number of nitrogens with zero attached hydrogens (tertiary/aromatic N) is 3. The van der Waals surface area contributed by atoms with Crippen molar-refractivity contribution >= 4 is 28.6 Å². The number of hydrogen-bond acceptors (Lipinski definition) is 5. The molecule has 0 atom stereocenters. The van der Waals surface area contributed by atoms with Crippen LogP contribution < -0.4 is 10.5 Å². The summed E-state index contributed by atoms with van der Waals surface area (Å²) in [5.41, 5.74) is 8.02. The number of fused-ring (bicyclic) bond motifs is 1. The lowest BCUT2D eigenvalue weighted by Crippen LogP contribution is -2.02. The largest absolute Gasteiger partial charge is 0.476 e. The van der Waals surface area contributed by atoms with Gasteiger partial charge in [-0.25, -0.2) is 14.4 Å². The van der Waals surface area contributed by atoms with Crippen molar-refractivity contribution in [3.63, 3.8) is 0 Å². The number of ether oxygens (including phenoxy) is 1. The maximum Gasteiger partial charge on any atom is 0.245 e. The summed E-state index contributed by atoms with van der Waals surface area (Å²) in [5, 5.41) is 0.0398. The summed E-state index contributed by atoms with van der Waals surface area (Å²) >= 11 is 5.82. The van der Waals surface area contributed by atoms with Crippen LogP contribution >= 0.6 is 11.6 Å². The van der Waals surface area contributed by atoms with E-state index in [4.69, 9.17) is 22.1 Å². The van der Waals surface area contributed by atoms with Crippen LogP contribution in [0.3, 0.4) is 0 Å². The van der Waals surface area contributed by atoms with Gasteiger partial charge >= 0.3 is 0 Å². The van der Waals surface area contributed by atoms with Gasteiger partial charge in [0.25, 0.3) is 0 Å². The predicted octanol–water partition coefficient (Wildman–Crippen LogP) is 3.47. The third-order valence-electron chi connectivity index (χ3n) is 3.02. The lowest BCUT2D eigenvalue weighted by Gasteiger charge is -2.08. The van der Waals surface area contributed by atoms with E-state index in [0.29, 0.717) is 34.8 Å². The molecule has 0 spiro atoms. The fourth-order valence-corrected chi connectivity index (χ4v) is 2.24. The lowest BCUT2D eigenvalue weighted by atomic mass is 10.1. The van der Waals surface area contributed by atoms with E-state index in [1.54, 1.807) is 18.2 Å². The first-order valence-corrected chi connectivity index (χ1v) is 6.98. The molecule has 0 aliphatic rings. The van der Waals surface area contributed by atoms with Gasteiger partial charge in [-0.3, -0.25) is 0 Å². The Morgan fingerprint density at radius 3 is 2.73 bits per heavy atom. The molecule has 3 aromatic rings. The quantitative estimate of drug-likeness (QED) is 0.800. The van der Waals surface area contributed by atoms with Gasteiger partial charge in [0, 0.05) is 5.56 Å². The molecule has 0 fully saturated rings. The van der Waals surface area contributed by atoms with E-state index in [1.807, 2.05) is 6.92 Å². The van der Waals surface area contributed by atoms with E-state index < -0.39 is 5.82 Å². The van der Waals surface area contributed by atoms with Gasteiger partial charge in [-0.15, -0.1) is 0 Å². The molecule has 0 aliphatic carbocycles. The van der Waals surface area contributed by atoms with Crippen LogP contribution in [0.4, 0.5) is 10.3 Å². The van der Waals surface area contributed by atoms with Crippen molar-refractivity contribution in [2.24, 2.45) is 0 Å². The highest BCUT2D eigenvalue weighted by Crippen LogP contribution is 2.28. The van der Waals surface area contributed by atoms with E-state index in [0.717, 1.165) is 0 Å². The molecular weight excluding hydrogens is 307 g/mol. The van der Waals surface area contributed by atoms with E-state index in [-0.39, 0.29) is 11.0 Å². The summed E-state index contributed by atoms with van der Waals surface area (Å²) in [6, 6.07) is 7.94. The van der Waals surface area contributed by atoms with Gasteiger partial charge in [-0.1, -0.05) is 11.6 Å². The highest BCUT2D eigenvalue weighted by molar-refractivity contribution is 6.31. The Bertz CT molecular complexity index is 856. The first-order valence-electron chi connectivity index (χ1n) is 6.61. The minimum Gasteiger partial charge on any atom is -0.476 e. The summed E-state index contributed by atoms with van der Waals surface area (Å²) in [5.74, 6) is -0.0345. The average Bonchev–Trinajstić information content (AvgIpc) is 2.50. The molecule has 0 bridgehead atoms. The van der Waals surface area contributed by atoms with Crippen LogP contribution in [0.2, 0.25) is 5.02 Å². The summed E-state index contributed by atoms with van der Waals surface area (Å²) in [4.78, 5) is 12.7. The standard InChI is InChI=1S/C15H12ClFN4O/c1-2-22-14-13-12(20-15(18)21-14)6-5-11(19-13)8-3-4-10(17)9(16)7-8/h3-7H,2H2,1H3,(H2,18,20,21). The molecule has 0 saturated carbocycles. The highest BCUT2D eigenvalue weighted by Gasteiger charge is 2.11. The third kappa shape index (κ3) is 2.65. The van der Waals surface area contributed by atoms with Crippen molar-refractivity contribution in [2.45, 2.75) is 6.92 Å². The number of aromatic nitrogens is 3. The molecule has 1 aromatic carbocycles. The smallest absolute Gasteiger partial charge is 0.245 e. The maximum atomic E-state index is 13.3. The number of nitrogen functional groups attached to an aromatic ring is 1. The van der Waals surface area contributed by atoms with Crippen LogP contribution in [0.1, 0.15) is 6.92 Å². The van der Waals surface area contributed by atoms with E-state index >= 15 is 0 Å². The molecule has 0 unspecified atom stereocenters. The van der Waals surface area contributed by atoms with Gasteiger partial charge < -0.3 is 10.5 Å². The molecule has 2 N–H and O–H groups in total. The minimum atomic E-state index is -0.475. The molecule has 0 radical (unpaired) electrons. The molecule has 0 amide bonds. The molecule has 0 saturated heterocycles. The zero-order chi connectivity index (χ0) is 15.7. The Balaban J connectivity index is 2.17.